The van der Waals surface area contributed by atoms with Crippen LogP contribution in [0, 0.1) is 6.92 Å². The first-order valence-corrected chi connectivity index (χ1v) is 9.62. The van der Waals surface area contributed by atoms with Crippen LogP contribution in [0.15, 0.2) is 24.4 Å². The van der Waals surface area contributed by atoms with Gasteiger partial charge in [0.1, 0.15) is 5.75 Å². The number of ether oxygens (including phenoxy) is 1. The number of rotatable bonds is 6. The molecule has 0 unspecified atom stereocenters. The zero-order valence-corrected chi connectivity index (χ0v) is 16.1. The second kappa shape index (κ2) is 8.84. The molecule has 1 amide bonds. The Hall–Kier alpha value is -2.63. The number of nitrogens with two attached hydrogens (primary N) is 1. The van der Waals surface area contributed by atoms with Crippen LogP contribution in [0.25, 0.3) is 0 Å². The molecule has 27 heavy (non-hydrogen) atoms. The Morgan fingerprint density at radius 1 is 1.26 bits per heavy atom. The lowest BCUT2D eigenvalue weighted by Gasteiger charge is -2.19. The third kappa shape index (κ3) is 4.76. The van der Waals surface area contributed by atoms with Crippen molar-refractivity contribution >= 4 is 11.9 Å². The average Bonchev–Trinajstić information content (AvgIpc) is 2.95. The van der Waals surface area contributed by atoms with Crippen LogP contribution in [0.3, 0.4) is 0 Å². The summed E-state index contributed by atoms with van der Waals surface area (Å²) in [7, 11) is 1.74. The number of hydrogen-bond donors (Lipinski definition) is 2. The first kappa shape index (κ1) is 19.1. The molecule has 0 bridgehead atoms. The van der Waals surface area contributed by atoms with Crippen LogP contribution in [-0.2, 0) is 6.54 Å². The summed E-state index contributed by atoms with van der Waals surface area (Å²) in [6.07, 6.45) is 9.16. The second-order valence-corrected chi connectivity index (χ2v) is 7.18. The predicted molar refractivity (Wildman–Crippen MR) is 106 cm³/mol. The summed E-state index contributed by atoms with van der Waals surface area (Å²) >= 11 is 0. The monoisotopic (exact) mass is 368 g/mol. The molecular formula is C21H28N4O2. The average molecular weight is 368 g/mol. The van der Waals surface area contributed by atoms with Crippen molar-refractivity contribution < 1.29 is 9.53 Å². The van der Waals surface area contributed by atoms with Crippen LogP contribution in [0.1, 0.15) is 71.6 Å². The molecular weight excluding hydrogens is 340 g/mol. The van der Waals surface area contributed by atoms with Gasteiger partial charge in [0.05, 0.1) is 18.4 Å². The van der Waals surface area contributed by atoms with Crippen molar-refractivity contribution in [3.05, 3.63) is 46.8 Å². The van der Waals surface area contributed by atoms with Crippen molar-refractivity contribution in [1.82, 2.24) is 9.97 Å². The van der Waals surface area contributed by atoms with E-state index in [0.29, 0.717) is 29.7 Å². The van der Waals surface area contributed by atoms with E-state index in [4.69, 9.17) is 10.5 Å². The minimum absolute atomic E-state index is 0.348. The molecule has 2 aromatic rings. The van der Waals surface area contributed by atoms with Gasteiger partial charge in [-0.3, -0.25) is 4.79 Å². The molecule has 0 aliphatic heterocycles. The summed E-state index contributed by atoms with van der Waals surface area (Å²) in [5.41, 5.74) is 8.70. The normalized spacial score (nSPS) is 15.2. The molecule has 1 aliphatic carbocycles. The van der Waals surface area contributed by atoms with Crippen LogP contribution in [0.5, 0.6) is 5.75 Å². The Kier molecular flexibility index (Phi) is 6.27. The zero-order valence-electron chi connectivity index (χ0n) is 16.1. The molecule has 6 nitrogen and oxygen atoms in total. The minimum atomic E-state index is -0.512. The van der Waals surface area contributed by atoms with E-state index in [2.05, 4.69) is 33.5 Å². The van der Waals surface area contributed by atoms with Gasteiger partial charge in [-0.25, -0.2) is 9.97 Å². The van der Waals surface area contributed by atoms with E-state index < -0.39 is 5.91 Å². The Balaban J connectivity index is 1.74. The van der Waals surface area contributed by atoms with Crippen LogP contribution in [-0.4, -0.2) is 23.0 Å². The Morgan fingerprint density at radius 3 is 2.63 bits per heavy atom. The van der Waals surface area contributed by atoms with E-state index in [0.717, 1.165) is 11.3 Å². The van der Waals surface area contributed by atoms with Gasteiger partial charge in [-0.15, -0.1) is 0 Å². The Bertz CT molecular complexity index is 799. The molecule has 3 rings (SSSR count). The van der Waals surface area contributed by atoms with Crippen molar-refractivity contribution in [3.8, 4) is 5.75 Å². The van der Waals surface area contributed by atoms with Crippen molar-refractivity contribution in [1.29, 1.82) is 0 Å². The van der Waals surface area contributed by atoms with Crippen molar-refractivity contribution in [2.75, 3.05) is 12.4 Å². The highest BCUT2D eigenvalue weighted by atomic mass is 16.5. The van der Waals surface area contributed by atoms with E-state index in [1.165, 1.54) is 50.3 Å². The molecule has 0 atom stereocenters. The Labute approximate surface area is 160 Å². The highest BCUT2D eigenvalue weighted by Crippen LogP contribution is 2.37. The number of carbonyl (C=O) groups excluding carboxylic acids is 1. The molecule has 1 aromatic heterocycles. The van der Waals surface area contributed by atoms with Gasteiger partial charge in [-0.1, -0.05) is 37.8 Å². The van der Waals surface area contributed by atoms with Gasteiger partial charge >= 0.3 is 0 Å². The number of nitrogens with zero attached hydrogens (tertiary/aromatic N) is 2. The van der Waals surface area contributed by atoms with Gasteiger partial charge in [0, 0.05) is 12.7 Å². The number of hydrogen-bond acceptors (Lipinski definition) is 5. The topological polar surface area (TPSA) is 90.1 Å². The third-order valence-electron chi connectivity index (χ3n) is 5.28. The number of anilines is 1. The van der Waals surface area contributed by atoms with Crippen molar-refractivity contribution in [2.24, 2.45) is 5.73 Å². The molecule has 144 valence electrons. The van der Waals surface area contributed by atoms with Gasteiger partial charge in [0.2, 0.25) is 5.95 Å². The Morgan fingerprint density at radius 2 is 2.00 bits per heavy atom. The lowest BCUT2D eigenvalue weighted by atomic mass is 9.90. The van der Waals surface area contributed by atoms with Crippen LogP contribution in [0.4, 0.5) is 5.95 Å². The van der Waals surface area contributed by atoms with Crippen molar-refractivity contribution in [3.63, 3.8) is 0 Å². The molecule has 3 N–H and O–H groups in total. The van der Waals surface area contributed by atoms with Gasteiger partial charge in [-0.05, 0) is 42.9 Å². The first-order valence-electron chi connectivity index (χ1n) is 9.62. The fourth-order valence-corrected chi connectivity index (χ4v) is 3.78. The van der Waals surface area contributed by atoms with E-state index in [9.17, 15) is 4.79 Å². The largest absolute Gasteiger partial charge is 0.496 e. The molecule has 1 heterocycles. The molecule has 6 heteroatoms. The third-order valence-corrected chi connectivity index (χ3v) is 5.28. The fraction of sp³-hybridized carbons (Fsp3) is 0.476. The van der Waals surface area contributed by atoms with E-state index in [1.54, 1.807) is 14.0 Å². The smallest absolute Gasteiger partial charge is 0.252 e. The lowest BCUT2D eigenvalue weighted by molar-refractivity contribution is 0.0999. The van der Waals surface area contributed by atoms with E-state index in [1.807, 2.05) is 0 Å². The van der Waals surface area contributed by atoms with Crippen LogP contribution in [0.2, 0.25) is 0 Å². The molecule has 1 saturated carbocycles. The maximum atomic E-state index is 11.3. The van der Waals surface area contributed by atoms with Gasteiger partial charge in [0.15, 0.2) is 0 Å². The number of benzene rings is 1. The predicted octanol–water partition coefficient (Wildman–Crippen LogP) is 3.94. The number of aryl methyl sites for hydroxylation is 1. The number of primary amides is 1. The highest BCUT2D eigenvalue weighted by molar-refractivity contribution is 5.93. The minimum Gasteiger partial charge on any atom is -0.496 e. The number of amides is 1. The van der Waals surface area contributed by atoms with Gasteiger partial charge in [-0.2, -0.15) is 0 Å². The van der Waals surface area contributed by atoms with Crippen LogP contribution < -0.4 is 15.8 Å². The SMILES string of the molecule is COc1ccc(CNc2ncc(C(N)=O)c(C)n2)cc1C1CCCCCC1. The van der Waals surface area contributed by atoms with Crippen molar-refractivity contribution in [2.45, 2.75) is 57.9 Å². The quantitative estimate of drug-likeness (QED) is 0.754. The van der Waals surface area contributed by atoms with E-state index in [-0.39, 0.29) is 0 Å². The maximum Gasteiger partial charge on any atom is 0.252 e. The first-order chi connectivity index (χ1) is 13.1. The summed E-state index contributed by atoms with van der Waals surface area (Å²) < 4.78 is 5.62. The zero-order chi connectivity index (χ0) is 19.2. The maximum absolute atomic E-state index is 11.3. The molecule has 1 fully saturated rings. The van der Waals surface area contributed by atoms with Gasteiger partial charge < -0.3 is 15.8 Å². The number of methoxy groups -OCH3 is 1. The number of aromatic nitrogens is 2. The molecule has 0 spiro atoms. The molecule has 0 radical (unpaired) electrons. The molecule has 1 aliphatic rings. The summed E-state index contributed by atoms with van der Waals surface area (Å²) in [6, 6.07) is 6.36. The summed E-state index contributed by atoms with van der Waals surface area (Å²) in [5, 5.41) is 3.23. The lowest BCUT2D eigenvalue weighted by Crippen LogP contribution is -2.15. The van der Waals surface area contributed by atoms with Gasteiger partial charge in [0.25, 0.3) is 5.91 Å². The van der Waals surface area contributed by atoms with Crippen LogP contribution >= 0.6 is 0 Å². The summed E-state index contributed by atoms with van der Waals surface area (Å²) in [4.78, 5) is 19.8. The summed E-state index contributed by atoms with van der Waals surface area (Å²) in [6.45, 7) is 2.36. The van der Waals surface area contributed by atoms with E-state index >= 15 is 0 Å². The molecule has 0 saturated heterocycles. The molecule has 1 aromatic carbocycles. The number of nitrogens with one attached hydrogen (secondary N) is 1. The summed E-state index contributed by atoms with van der Waals surface area (Å²) in [5.74, 6) is 1.52. The number of carbonyl (C=O) groups is 1. The highest BCUT2D eigenvalue weighted by Gasteiger charge is 2.18. The standard InChI is InChI=1S/C21H28N4O2/c1-14-18(20(22)26)13-24-21(25-14)23-12-15-9-10-19(27-2)17(11-15)16-7-5-3-4-6-8-16/h9-11,13,16H,3-8,12H2,1-2H3,(H2,22,26)(H,23,24,25). The second-order valence-electron chi connectivity index (χ2n) is 7.18. The fourth-order valence-electron chi connectivity index (χ4n) is 3.78.